The Labute approximate surface area is 147 Å². The van der Waals surface area contributed by atoms with Crippen LogP contribution < -0.4 is 4.72 Å². The summed E-state index contributed by atoms with van der Waals surface area (Å²) in [5.41, 5.74) is 0.470. The molecule has 1 aliphatic carbocycles. The zero-order valence-corrected chi connectivity index (χ0v) is 14.6. The van der Waals surface area contributed by atoms with Crippen molar-refractivity contribution in [3.8, 4) is 11.4 Å². The molecule has 9 heteroatoms. The Balaban J connectivity index is 1.57. The first-order valence-corrected chi connectivity index (χ1v) is 10.1. The van der Waals surface area contributed by atoms with Gasteiger partial charge in [0.25, 0.3) is 10.0 Å². The van der Waals surface area contributed by atoms with Crippen LogP contribution in [0.25, 0.3) is 11.4 Å². The molecule has 1 aromatic carbocycles. The van der Waals surface area contributed by atoms with Crippen LogP contribution in [0, 0.1) is 5.82 Å². The Hall–Kier alpha value is -2.26. The molecule has 0 radical (unpaired) electrons. The van der Waals surface area contributed by atoms with Gasteiger partial charge in [0.15, 0.2) is 0 Å². The molecule has 3 aromatic rings. The number of sulfonamides is 1. The molecule has 0 aliphatic heterocycles. The number of hydrogen-bond acceptors (Lipinski definition) is 6. The topological polar surface area (TPSA) is 85.1 Å². The third-order valence-corrected chi connectivity index (χ3v) is 6.92. The normalized spacial score (nSPS) is 15.1. The molecule has 6 nitrogen and oxygen atoms in total. The van der Waals surface area contributed by atoms with Gasteiger partial charge in [0, 0.05) is 16.9 Å². The standard InChI is InChI=1S/C16H14FN3O3S2/c17-12-6-1-2-7-13(12)20-25(21,22)14-8-11(9-24-14)15-18-16(23-19-15)10-4-3-5-10/h1-2,6-10,20H,3-5H2. The lowest BCUT2D eigenvalue weighted by Gasteiger charge is -2.20. The summed E-state index contributed by atoms with van der Waals surface area (Å²) >= 11 is 1.02. The van der Waals surface area contributed by atoms with Crippen molar-refractivity contribution in [2.75, 3.05) is 4.72 Å². The smallest absolute Gasteiger partial charge is 0.271 e. The molecule has 1 N–H and O–H groups in total. The fourth-order valence-corrected chi connectivity index (χ4v) is 4.71. The van der Waals surface area contributed by atoms with Gasteiger partial charge in [-0.3, -0.25) is 4.72 Å². The number of rotatable bonds is 5. The summed E-state index contributed by atoms with van der Waals surface area (Å²) in [5.74, 6) is 0.642. The van der Waals surface area contributed by atoms with Gasteiger partial charge in [-0.05, 0) is 31.0 Å². The van der Waals surface area contributed by atoms with Gasteiger partial charge >= 0.3 is 0 Å². The maximum absolute atomic E-state index is 13.7. The molecule has 4 rings (SSSR count). The quantitative estimate of drug-likeness (QED) is 0.724. The Morgan fingerprint density at radius 3 is 2.80 bits per heavy atom. The van der Waals surface area contributed by atoms with E-state index in [1.54, 1.807) is 11.4 Å². The number of halogens is 1. The van der Waals surface area contributed by atoms with Crippen molar-refractivity contribution in [1.82, 2.24) is 10.1 Å². The van der Waals surface area contributed by atoms with Gasteiger partial charge in [-0.15, -0.1) is 11.3 Å². The zero-order chi connectivity index (χ0) is 17.4. The summed E-state index contributed by atoms with van der Waals surface area (Å²) in [5, 5.41) is 5.57. The lowest BCUT2D eigenvalue weighted by Crippen LogP contribution is -2.12. The average Bonchev–Trinajstić information content (AvgIpc) is 3.17. The number of nitrogens with zero attached hydrogens (tertiary/aromatic N) is 2. The number of hydrogen-bond donors (Lipinski definition) is 1. The molecule has 0 saturated heterocycles. The molecular weight excluding hydrogens is 365 g/mol. The van der Waals surface area contributed by atoms with Gasteiger partial charge in [-0.1, -0.05) is 23.7 Å². The highest BCUT2D eigenvalue weighted by Gasteiger charge is 2.26. The Kier molecular flexibility index (Phi) is 4.04. The zero-order valence-electron chi connectivity index (χ0n) is 13.0. The molecule has 25 heavy (non-hydrogen) atoms. The van der Waals surface area contributed by atoms with Gasteiger partial charge < -0.3 is 4.52 Å². The van der Waals surface area contributed by atoms with Crippen LogP contribution >= 0.6 is 11.3 Å². The molecule has 0 bridgehead atoms. The van der Waals surface area contributed by atoms with E-state index in [0.717, 1.165) is 30.6 Å². The minimum absolute atomic E-state index is 0.0562. The van der Waals surface area contributed by atoms with Crippen LogP contribution in [0.1, 0.15) is 31.1 Å². The molecule has 2 aromatic heterocycles. The van der Waals surface area contributed by atoms with Crippen molar-refractivity contribution in [3.05, 3.63) is 47.4 Å². The van der Waals surface area contributed by atoms with Gasteiger partial charge in [-0.25, -0.2) is 12.8 Å². The van der Waals surface area contributed by atoms with E-state index in [0.29, 0.717) is 23.2 Å². The fraction of sp³-hybridized carbons (Fsp3) is 0.250. The first-order valence-electron chi connectivity index (χ1n) is 7.73. The van der Waals surface area contributed by atoms with E-state index in [2.05, 4.69) is 14.9 Å². The number of anilines is 1. The largest absolute Gasteiger partial charge is 0.339 e. The van der Waals surface area contributed by atoms with Gasteiger partial charge in [0.2, 0.25) is 11.7 Å². The summed E-state index contributed by atoms with van der Waals surface area (Å²) in [6, 6.07) is 7.07. The second kappa shape index (κ2) is 6.23. The molecule has 0 amide bonds. The molecule has 130 valence electrons. The molecule has 1 fully saturated rings. The third kappa shape index (κ3) is 3.16. The van der Waals surface area contributed by atoms with E-state index in [9.17, 15) is 12.8 Å². The van der Waals surface area contributed by atoms with Crippen molar-refractivity contribution in [3.63, 3.8) is 0 Å². The molecular formula is C16H14FN3O3S2. The Morgan fingerprint density at radius 1 is 1.28 bits per heavy atom. The van der Waals surface area contributed by atoms with Crippen LogP contribution in [0.3, 0.4) is 0 Å². The highest BCUT2D eigenvalue weighted by Crippen LogP contribution is 2.36. The SMILES string of the molecule is O=S(=O)(Nc1ccccc1F)c1cc(-c2noc(C3CCC3)n2)cs1. The molecule has 1 saturated carbocycles. The van der Waals surface area contributed by atoms with Gasteiger partial charge in [0.1, 0.15) is 10.0 Å². The Morgan fingerprint density at radius 2 is 2.08 bits per heavy atom. The lowest BCUT2D eigenvalue weighted by molar-refractivity contribution is 0.292. The first kappa shape index (κ1) is 16.2. The lowest BCUT2D eigenvalue weighted by atomic mass is 9.85. The van der Waals surface area contributed by atoms with Crippen LogP contribution in [-0.2, 0) is 10.0 Å². The molecule has 1 aliphatic rings. The maximum atomic E-state index is 13.7. The number of aromatic nitrogens is 2. The van der Waals surface area contributed by atoms with Crippen molar-refractivity contribution < 1.29 is 17.3 Å². The van der Waals surface area contributed by atoms with Crippen molar-refractivity contribution in [2.45, 2.75) is 29.4 Å². The fourth-order valence-electron chi connectivity index (χ4n) is 2.49. The van der Waals surface area contributed by atoms with Gasteiger partial charge in [0.05, 0.1) is 5.69 Å². The van der Waals surface area contributed by atoms with Crippen LogP contribution in [-0.4, -0.2) is 18.6 Å². The predicted molar refractivity (Wildman–Crippen MR) is 91.4 cm³/mol. The van der Waals surface area contributed by atoms with E-state index >= 15 is 0 Å². The number of nitrogens with one attached hydrogen (secondary N) is 1. The first-order chi connectivity index (χ1) is 12.0. The summed E-state index contributed by atoms with van der Waals surface area (Å²) in [4.78, 5) is 4.35. The van der Waals surface area contributed by atoms with E-state index in [1.165, 1.54) is 24.3 Å². The van der Waals surface area contributed by atoms with E-state index in [1.807, 2.05) is 0 Å². The minimum Gasteiger partial charge on any atom is -0.339 e. The second-order valence-corrected chi connectivity index (χ2v) is 8.64. The number of para-hydroxylation sites is 1. The summed E-state index contributed by atoms with van der Waals surface area (Å²) < 4.78 is 46.1. The summed E-state index contributed by atoms with van der Waals surface area (Å²) in [6.07, 6.45) is 3.24. The summed E-state index contributed by atoms with van der Waals surface area (Å²) in [7, 11) is -3.88. The molecule has 2 heterocycles. The third-order valence-electron chi connectivity index (χ3n) is 4.11. The van der Waals surface area contributed by atoms with Crippen LogP contribution in [0.5, 0.6) is 0 Å². The van der Waals surface area contributed by atoms with Crippen molar-refractivity contribution >= 4 is 27.0 Å². The van der Waals surface area contributed by atoms with Crippen LogP contribution in [0.4, 0.5) is 10.1 Å². The predicted octanol–water partition coefficient (Wildman–Crippen LogP) is 4.01. The van der Waals surface area contributed by atoms with E-state index in [-0.39, 0.29) is 9.90 Å². The van der Waals surface area contributed by atoms with E-state index in [4.69, 9.17) is 4.52 Å². The van der Waals surface area contributed by atoms with Crippen molar-refractivity contribution in [1.29, 1.82) is 0 Å². The van der Waals surface area contributed by atoms with E-state index < -0.39 is 15.8 Å². The average molecular weight is 379 g/mol. The highest BCUT2D eigenvalue weighted by molar-refractivity contribution is 7.94. The second-order valence-electron chi connectivity index (χ2n) is 5.82. The Bertz CT molecular complexity index is 1010. The molecule has 0 spiro atoms. The minimum atomic E-state index is -3.88. The van der Waals surface area contributed by atoms with Gasteiger partial charge in [-0.2, -0.15) is 4.98 Å². The van der Waals surface area contributed by atoms with Crippen molar-refractivity contribution in [2.24, 2.45) is 0 Å². The van der Waals surface area contributed by atoms with Crippen LogP contribution in [0.2, 0.25) is 0 Å². The monoisotopic (exact) mass is 379 g/mol. The van der Waals surface area contributed by atoms with Crippen LogP contribution in [0.15, 0.2) is 44.4 Å². The number of benzene rings is 1. The maximum Gasteiger partial charge on any atom is 0.271 e. The highest BCUT2D eigenvalue weighted by atomic mass is 32.2. The molecule has 0 unspecified atom stereocenters. The molecule has 0 atom stereocenters. The number of thiophene rings is 1. The summed E-state index contributed by atoms with van der Waals surface area (Å²) in [6.45, 7) is 0.